The summed E-state index contributed by atoms with van der Waals surface area (Å²) in [6, 6.07) is 7.09. The fourth-order valence-electron chi connectivity index (χ4n) is 4.27. The van der Waals surface area contributed by atoms with Gasteiger partial charge in [0.2, 0.25) is 5.91 Å². The Morgan fingerprint density at radius 2 is 1.78 bits per heavy atom. The minimum atomic E-state index is -0.645. The van der Waals surface area contributed by atoms with Gasteiger partial charge in [0.1, 0.15) is 17.5 Å². The molecule has 1 aliphatic rings. The van der Waals surface area contributed by atoms with Crippen molar-refractivity contribution in [3.8, 4) is 0 Å². The summed E-state index contributed by atoms with van der Waals surface area (Å²) in [5.41, 5.74) is 0.671. The molecule has 0 saturated carbocycles. The number of amides is 2. The van der Waals surface area contributed by atoms with Gasteiger partial charge in [-0.25, -0.2) is 13.2 Å². The lowest BCUT2D eigenvalue weighted by atomic mass is 9.84. The number of benzene rings is 2. The van der Waals surface area contributed by atoms with Crippen LogP contribution in [0.25, 0.3) is 0 Å². The summed E-state index contributed by atoms with van der Waals surface area (Å²) < 4.78 is 41.0. The van der Waals surface area contributed by atoms with E-state index in [-0.39, 0.29) is 35.2 Å². The number of hydrogen-bond donors (Lipinski definition) is 0. The topological polar surface area (TPSA) is 40.6 Å². The van der Waals surface area contributed by atoms with E-state index in [9.17, 15) is 22.8 Å². The molecule has 1 aliphatic heterocycles. The molecule has 0 N–H and O–H groups in total. The van der Waals surface area contributed by atoms with Gasteiger partial charge in [0.15, 0.2) is 0 Å². The van der Waals surface area contributed by atoms with Crippen LogP contribution in [0.5, 0.6) is 0 Å². The smallest absolute Gasteiger partial charge is 0.253 e. The lowest BCUT2D eigenvalue weighted by molar-refractivity contribution is -0.133. The van der Waals surface area contributed by atoms with Gasteiger partial charge in [-0.15, -0.1) is 0 Å². The zero-order chi connectivity index (χ0) is 23.4. The third-order valence-electron chi connectivity index (χ3n) is 6.18. The van der Waals surface area contributed by atoms with Gasteiger partial charge >= 0.3 is 0 Å². The predicted octanol–water partition coefficient (Wildman–Crippen LogP) is 5.09. The fraction of sp³-hybridized carbons (Fsp3) is 0.417. The van der Waals surface area contributed by atoms with Crippen LogP contribution < -0.4 is 0 Å². The van der Waals surface area contributed by atoms with Crippen molar-refractivity contribution in [2.45, 2.75) is 38.6 Å². The van der Waals surface area contributed by atoms with Crippen molar-refractivity contribution in [2.24, 2.45) is 5.92 Å². The molecule has 32 heavy (non-hydrogen) atoms. The molecule has 2 amide bonds. The Morgan fingerprint density at radius 3 is 2.38 bits per heavy atom. The van der Waals surface area contributed by atoms with Crippen LogP contribution in [0.4, 0.5) is 13.2 Å². The molecule has 0 spiro atoms. The van der Waals surface area contributed by atoms with Gasteiger partial charge in [0.05, 0.1) is 5.02 Å². The summed E-state index contributed by atoms with van der Waals surface area (Å²) in [6.07, 6.45) is 1.83. The molecule has 0 aliphatic carbocycles. The number of likely N-dealkylation sites (tertiary alicyclic amines) is 1. The average molecular weight is 467 g/mol. The summed E-state index contributed by atoms with van der Waals surface area (Å²) in [5.74, 6) is -2.11. The molecule has 4 nitrogen and oxygen atoms in total. The third kappa shape index (κ3) is 5.44. The number of piperidine rings is 1. The monoisotopic (exact) mass is 466 g/mol. The molecule has 1 fully saturated rings. The van der Waals surface area contributed by atoms with E-state index in [2.05, 4.69) is 0 Å². The summed E-state index contributed by atoms with van der Waals surface area (Å²) >= 11 is 5.80. The van der Waals surface area contributed by atoms with E-state index in [0.717, 1.165) is 6.07 Å². The third-order valence-corrected chi connectivity index (χ3v) is 6.46. The Labute approximate surface area is 191 Å². The highest BCUT2D eigenvalue weighted by Gasteiger charge is 2.33. The molecule has 0 unspecified atom stereocenters. The number of likely N-dealkylation sites (N-methyl/N-ethyl adjacent to an activating group) is 1. The van der Waals surface area contributed by atoms with Crippen LogP contribution in [0.15, 0.2) is 36.4 Å². The lowest BCUT2D eigenvalue weighted by Gasteiger charge is -2.40. The predicted molar refractivity (Wildman–Crippen MR) is 117 cm³/mol. The van der Waals surface area contributed by atoms with Gasteiger partial charge in [0.25, 0.3) is 5.91 Å². The first-order valence-electron chi connectivity index (χ1n) is 10.6. The number of carbonyl (C=O) groups excluding carboxylic acids is 2. The van der Waals surface area contributed by atoms with Crippen LogP contribution in [-0.4, -0.2) is 47.8 Å². The molecule has 2 aromatic carbocycles. The van der Waals surface area contributed by atoms with Crippen LogP contribution in [0.1, 0.15) is 42.1 Å². The zero-order valence-corrected chi connectivity index (χ0v) is 18.8. The molecule has 1 atom stereocenters. The minimum absolute atomic E-state index is 0.0424. The van der Waals surface area contributed by atoms with Crippen molar-refractivity contribution in [2.75, 3.05) is 20.1 Å². The summed E-state index contributed by atoms with van der Waals surface area (Å²) in [4.78, 5) is 28.5. The first-order chi connectivity index (χ1) is 15.2. The fourth-order valence-corrected chi connectivity index (χ4v) is 4.45. The summed E-state index contributed by atoms with van der Waals surface area (Å²) in [7, 11) is 1.70. The van der Waals surface area contributed by atoms with Crippen molar-refractivity contribution < 1.29 is 22.8 Å². The quantitative estimate of drug-likeness (QED) is 0.595. The highest BCUT2D eigenvalue weighted by molar-refractivity contribution is 6.31. The van der Waals surface area contributed by atoms with E-state index in [1.807, 2.05) is 0 Å². The second-order valence-electron chi connectivity index (χ2n) is 8.12. The molecular formula is C24H26ClF3N2O2. The summed E-state index contributed by atoms with van der Waals surface area (Å²) in [5, 5.41) is -0.105. The molecule has 0 aromatic heterocycles. The lowest BCUT2D eigenvalue weighted by Crippen LogP contribution is -2.48. The highest BCUT2D eigenvalue weighted by Crippen LogP contribution is 2.29. The van der Waals surface area contributed by atoms with E-state index < -0.39 is 17.5 Å². The summed E-state index contributed by atoms with van der Waals surface area (Å²) in [6.45, 7) is 2.67. The van der Waals surface area contributed by atoms with Gasteiger partial charge in [-0.2, -0.15) is 0 Å². The van der Waals surface area contributed by atoms with Gasteiger partial charge in [-0.1, -0.05) is 24.6 Å². The van der Waals surface area contributed by atoms with Crippen molar-refractivity contribution in [1.82, 2.24) is 9.80 Å². The van der Waals surface area contributed by atoms with Crippen molar-refractivity contribution in [3.05, 3.63) is 70.0 Å². The van der Waals surface area contributed by atoms with Crippen LogP contribution in [0, 0.1) is 23.4 Å². The first-order valence-corrected chi connectivity index (χ1v) is 11.0. The Bertz CT molecular complexity index is 993. The number of carbonyl (C=O) groups is 2. The number of halogens is 4. The molecule has 1 saturated heterocycles. The average Bonchev–Trinajstić information content (AvgIpc) is 2.79. The molecule has 8 heteroatoms. The van der Waals surface area contributed by atoms with E-state index in [0.29, 0.717) is 43.5 Å². The van der Waals surface area contributed by atoms with E-state index in [4.69, 9.17) is 11.6 Å². The largest absolute Gasteiger partial charge is 0.342 e. The molecule has 0 bridgehead atoms. The zero-order valence-electron chi connectivity index (χ0n) is 18.1. The standard InChI is InChI=1S/C24H26ClF3N2O2/c1-3-23(31)29(2)22(13-16-4-6-18(26)14-21(16)28)15-8-10-30(11-9-15)24(32)17-5-7-20(27)19(25)12-17/h4-7,12,14-15,22H,3,8-11,13H2,1-2H3/t22-/m0/s1. The normalized spacial score (nSPS) is 15.5. The van der Waals surface area contributed by atoms with Gasteiger partial charge in [-0.05, 0) is 55.0 Å². The first kappa shape index (κ1) is 24.1. The Balaban J connectivity index is 1.73. The number of hydrogen-bond acceptors (Lipinski definition) is 2. The minimum Gasteiger partial charge on any atom is -0.342 e. The van der Waals surface area contributed by atoms with Gasteiger partial charge in [-0.3, -0.25) is 9.59 Å². The van der Waals surface area contributed by atoms with E-state index >= 15 is 0 Å². The SMILES string of the molecule is CCC(=O)N(C)[C@@H](Cc1ccc(F)cc1F)C1CCN(C(=O)c2ccc(F)c(Cl)c2)CC1. The van der Waals surface area contributed by atoms with Crippen molar-refractivity contribution in [3.63, 3.8) is 0 Å². The van der Waals surface area contributed by atoms with E-state index in [1.165, 1.54) is 30.3 Å². The van der Waals surface area contributed by atoms with Crippen molar-refractivity contribution >= 4 is 23.4 Å². The number of rotatable bonds is 6. The van der Waals surface area contributed by atoms with Crippen LogP contribution in [0.3, 0.4) is 0 Å². The van der Waals surface area contributed by atoms with Crippen molar-refractivity contribution in [1.29, 1.82) is 0 Å². The van der Waals surface area contributed by atoms with E-state index in [1.54, 1.807) is 23.8 Å². The van der Waals surface area contributed by atoms with Crippen LogP contribution >= 0.6 is 11.6 Å². The molecule has 3 rings (SSSR count). The molecular weight excluding hydrogens is 441 g/mol. The van der Waals surface area contributed by atoms with Gasteiger partial charge in [0, 0.05) is 44.2 Å². The molecule has 0 radical (unpaired) electrons. The molecule has 172 valence electrons. The second kappa shape index (κ2) is 10.4. The maximum Gasteiger partial charge on any atom is 0.253 e. The highest BCUT2D eigenvalue weighted by atomic mass is 35.5. The Kier molecular flexibility index (Phi) is 7.82. The molecule has 1 heterocycles. The molecule has 2 aromatic rings. The Hall–Kier alpha value is -2.54. The Morgan fingerprint density at radius 1 is 1.09 bits per heavy atom. The maximum atomic E-state index is 14.3. The van der Waals surface area contributed by atoms with Crippen LogP contribution in [0.2, 0.25) is 5.02 Å². The van der Waals surface area contributed by atoms with Crippen LogP contribution in [-0.2, 0) is 11.2 Å². The number of nitrogens with zero attached hydrogens (tertiary/aromatic N) is 2. The second-order valence-corrected chi connectivity index (χ2v) is 8.53. The maximum absolute atomic E-state index is 14.3. The van der Waals surface area contributed by atoms with Gasteiger partial charge < -0.3 is 9.80 Å².